The Labute approximate surface area is 123 Å². The van der Waals surface area contributed by atoms with Gasteiger partial charge >= 0.3 is 5.69 Å². The standard InChI is InChI=1S/C14H20N4O3/c1-2-8-15-11-4-3-5-12(14(11)18(20)21)17-10-6-7-13(19)16-9-10/h3-5,10,15,17H,2,6-9H2,1H3,(H,16,19). The number of piperidine rings is 1. The van der Waals surface area contributed by atoms with Crippen LogP contribution in [0.25, 0.3) is 0 Å². The number of carbonyl (C=O) groups is 1. The molecule has 7 heteroatoms. The quantitative estimate of drug-likeness (QED) is 0.551. The zero-order valence-electron chi connectivity index (χ0n) is 12.0. The largest absolute Gasteiger partial charge is 0.379 e. The van der Waals surface area contributed by atoms with Crippen LogP contribution in [0.5, 0.6) is 0 Å². The fourth-order valence-electron chi connectivity index (χ4n) is 2.33. The van der Waals surface area contributed by atoms with E-state index in [4.69, 9.17) is 0 Å². The minimum Gasteiger partial charge on any atom is -0.379 e. The Hall–Kier alpha value is -2.31. The Balaban J connectivity index is 2.17. The molecule has 0 spiro atoms. The van der Waals surface area contributed by atoms with Crippen LogP contribution in [0.4, 0.5) is 17.1 Å². The summed E-state index contributed by atoms with van der Waals surface area (Å²) in [6.07, 6.45) is 2.01. The fraction of sp³-hybridized carbons (Fsp3) is 0.500. The average molecular weight is 292 g/mol. The van der Waals surface area contributed by atoms with E-state index in [0.29, 0.717) is 37.3 Å². The van der Waals surface area contributed by atoms with E-state index in [-0.39, 0.29) is 22.6 Å². The van der Waals surface area contributed by atoms with E-state index in [1.165, 1.54) is 0 Å². The Bertz CT molecular complexity index is 523. The number of nitro groups is 1. The number of rotatable bonds is 6. The first-order valence-corrected chi connectivity index (χ1v) is 7.16. The molecule has 1 unspecified atom stereocenters. The summed E-state index contributed by atoms with van der Waals surface area (Å²) in [4.78, 5) is 22.1. The van der Waals surface area contributed by atoms with E-state index >= 15 is 0 Å². The normalized spacial score (nSPS) is 18.0. The molecule has 1 aliphatic rings. The maximum absolute atomic E-state index is 11.4. The Morgan fingerprint density at radius 1 is 1.43 bits per heavy atom. The summed E-state index contributed by atoms with van der Waals surface area (Å²) in [6, 6.07) is 5.21. The molecule has 114 valence electrons. The lowest BCUT2D eigenvalue weighted by Crippen LogP contribution is -2.41. The van der Waals surface area contributed by atoms with Gasteiger partial charge in [0, 0.05) is 25.6 Å². The van der Waals surface area contributed by atoms with E-state index in [0.717, 1.165) is 6.42 Å². The topological polar surface area (TPSA) is 96.3 Å². The van der Waals surface area contributed by atoms with Crippen molar-refractivity contribution in [3.63, 3.8) is 0 Å². The highest BCUT2D eigenvalue weighted by atomic mass is 16.6. The van der Waals surface area contributed by atoms with Crippen LogP contribution in [0, 0.1) is 10.1 Å². The molecule has 0 bridgehead atoms. The fourth-order valence-corrected chi connectivity index (χ4v) is 2.33. The predicted octanol–water partition coefficient (Wildman–Crippen LogP) is 2.11. The number of hydrogen-bond acceptors (Lipinski definition) is 5. The van der Waals surface area contributed by atoms with Crippen LogP contribution in [0.1, 0.15) is 26.2 Å². The van der Waals surface area contributed by atoms with Gasteiger partial charge < -0.3 is 16.0 Å². The predicted molar refractivity (Wildman–Crippen MR) is 81.5 cm³/mol. The van der Waals surface area contributed by atoms with Gasteiger partial charge in [-0.15, -0.1) is 0 Å². The maximum atomic E-state index is 11.4. The molecule has 1 heterocycles. The highest BCUT2D eigenvalue weighted by Gasteiger charge is 2.23. The van der Waals surface area contributed by atoms with Gasteiger partial charge in [0.15, 0.2) is 0 Å². The lowest BCUT2D eigenvalue weighted by atomic mass is 10.1. The number of amides is 1. The molecule has 2 rings (SSSR count). The van der Waals surface area contributed by atoms with Crippen molar-refractivity contribution in [1.82, 2.24) is 5.32 Å². The Morgan fingerprint density at radius 3 is 2.81 bits per heavy atom. The van der Waals surface area contributed by atoms with Gasteiger partial charge in [-0.05, 0) is 25.0 Å². The Kier molecular flexibility index (Phi) is 4.97. The SMILES string of the molecule is CCCNc1cccc(NC2CCC(=O)NC2)c1[N+](=O)[O-]. The third-order valence-corrected chi connectivity index (χ3v) is 3.41. The average Bonchev–Trinajstić information content (AvgIpc) is 2.47. The van der Waals surface area contributed by atoms with Crippen LogP contribution in [-0.4, -0.2) is 30.0 Å². The third kappa shape index (κ3) is 3.84. The number of carbonyl (C=O) groups excluding carboxylic acids is 1. The summed E-state index contributed by atoms with van der Waals surface area (Å²) in [7, 11) is 0. The van der Waals surface area contributed by atoms with Crippen molar-refractivity contribution in [3.8, 4) is 0 Å². The molecule has 0 aliphatic carbocycles. The molecule has 7 nitrogen and oxygen atoms in total. The zero-order chi connectivity index (χ0) is 15.2. The number of benzene rings is 1. The lowest BCUT2D eigenvalue weighted by Gasteiger charge is -2.24. The highest BCUT2D eigenvalue weighted by Crippen LogP contribution is 2.33. The summed E-state index contributed by atoms with van der Waals surface area (Å²) < 4.78 is 0. The number of hydrogen-bond donors (Lipinski definition) is 3. The molecule has 1 amide bonds. The van der Waals surface area contributed by atoms with Crippen molar-refractivity contribution in [3.05, 3.63) is 28.3 Å². The molecule has 0 radical (unpaired) electrons. The molecule has 0 saturated carbocycles. The van der Waals surface area contributed by atoms with Gasteiger partial charge in [0.25, 0.3) is 0 Å². The van der Waals surface area contributed by atoms with Crippen molar-refractivity contribution in [2.45, 2.75) is 32.2 Å². The number of para-hydroxylation sites is 1. The molecule has 3 N–H and O–H groups in total. The minimum absolute atomic E-state index is 0.0165. The van der Waals surface area contributed by atoms with Gasteiger partial charge in [-0.1, -0.05) is 13.0 Å². The monoisotopic (exact) mass is 292 g/mol. The smallest absolute Gasteiger partial charge is 0.315 e. The zero-order valence-corrected chi connectivity index (χ0v) is 12.0. The van der Waals surface area contributed by atoms with Crippen molar-refractivity contribution in [2.24, 2.45) is 0 Å². The first kappa shape index (κ1) is 15.1. The molecular weight excluding hydrogens is 272 g/mol. The van der Waals surface area contributed by atoms with E-state index in [1.54, 1.807) is 18.2 Å². The van der Waals surface area contributed by atoms with Crippen LogP contribution >= 0.6 is 0 Å². The number of nitrogens with zero attached hydrogens (tertiary/aromatic N) is 1. The summed E-state index contributed by atoms with van der Waals surface area (Å²) >= 11 is 0. The van der Waals surface area contributed by atoms with E-state index in [1.807, 2.05) is 6.92 Å². The molecule has 1 aromatic carbocycles. The minimum atomic E-state index is -0.373. The second kappa shape index (κ2) is 6.92. The van der Waals surface area contributed by atoms with Crippen LogP contribution < -0.4 is 16.0 Å². The van der Waals surface area contributed by atoms with Crippen LogP contribution in [0.2, 0.25) is 0 Å². The molecule has 1 saturated heterocycles. The maximum Gasteiger partial charge on any atom is 0.315 e. The van der Waals surface area contributed by atoms with Gasteiger partial charge in [-0.3, -0.25) is 14.9 Å². The second-order valence-electron chi connectivity index (χ2n) is 5.07. The van der Waals surface area contributed by atoms with E-state index in [2.05, 4.69) is 16.0 Å². The van der Waals surface area contributed by atoms with Gasteiger partial charge in [0.2, 0.25) is 5.91 Å². The molecule has 1 aliphatic heterocycles. The number of nitrogens with one attached hydrogen (secondary N) is 3. The molecule has 1 aromatic rings. The second-order valence-corrected chi connectivity index (χ2v) is 5.07. The van der Waals surface area contributed by atoms with E-state index in [9.17, 15) is 14.9 Å². The van der Waals surface area contributed by atoms with Crippen molar-refractivity contribution >= 4 is 23.0 Å². The van der Waals surface area contributed by atoms with E-state index < -0.39 is 0 Å². The van der Waals surface area contributed by atoms with Gasteiger partial charge in [-0.25, -0.2) is 0 Å². The van der Waals surface area contributed by atoms with Gasteiger partial charge in [-0.2, -0.15) is 0 Å². The summed E-state index contributed by atoms with van der Waals surface area (Å²) in [5, 5.41) is 20.4. The van der Waals surface area contributed by atoms with Crippen LogP contribution in [-0.2, 0) is 4.79 Å². The molecule has 0 aromatic heterocycles. The first-order chi connectivity index (χ1) is 10.1. The lowest BCUT2D eigenvalue weighted by molar-refractivity contribution is -0.383. The molecule has 21 heavy (non-hydrogen) atoms. The van der Waals surface area contributed by atoms with Crippen LogP contribution in [0.3, 0.4) is 0 Å². The first-order valence-electron chi connectivity index (χ1n) is 7.16. The van der Waals surface area contributed by atoms with Gasteiger partial charge in [0.1, 0.15) is 11.4 Å². The van der Waals surface area contributed by atoms with Crippen molar-refractivity contribution < 1.29 is 9.72 Å². The summed E-state index contributed by atoms with van der Waals surface area (Å²) in [6.45, 7) is 3.18. The number of anilines is 2. The molecular formula is C14H20N4O3. The summed E-state index contributed by atoms with van der Waals surface area (Å²) in [5.41, 5.74) is 1.07. The van der Waals surface area contributed by atoms with Crippen LogP contribution in [0.15, 0.2) is 18.2 Å². The number of nitro benzene ring substituents is 1. The molecule has 1 fully saturated rings. The van der Waals surface area contributed by atoms with Gasteiger partial charge in [0.05, 0.1) is 4.92 Å². The third-order valence-electron chi connectivity index (χ3n) is 3.41. The molecule has 1 atom stereocenters. The van der Waals surface area contributed by atoms with Crippen molar-refractivity contribution in [1.29, 1.82) is 0 Å². The highest BCUT2D eigenvalue weighted by molar-refractivity contribution is 5.78. The van der Waals surface area contributed by atoms with Crippen molar-refractivity contribution in [2.75, 3.05) is 23.7 Å². The summed E-state index contributed by atoms with van der Waals surface area (Å²) in [5.74, 6) is 0.0286. The Morgan fingerprint density at radius 2 is 2.19 bits per heavy atom.